The van der Waals surface area contributed by atoms with Gasteiger partial charge in [0.15, 0.2) is 0 Å². The Labute approximate surface area is 119 Å². The second-order valence-corrected chi connectivity index (χ2v) is 5.10. The average molecular weight is 259 g/mol. The van der Waals surface area contributed by atoms with E-state index in [1.165, 1.54) is 11.1 Å². The molecule has 1 unspecified atom stereocenters. The van der Waals surface area contributed by atoms with Gasteiger partial charge in [-0.05, 0) is 12.5 Å². The van der Waals surface area contributed by atoms with E-state index in [9.17, 15) is 0 Å². The minimum atomic E-state index is 0.301. The van der Waals surface area contributed by atoms with Gasteiger partial charge in [0, 0.05) is 17.0 Å². The molecular formula is C19H17N. The van der Waals surface area contributed by atoms with Crippen molar-refractivity contribution in [2.75, 3.05) is 0 Å². The summed E-state index contributed by atoms with van der Waals surface area (Å²) in [5.74, 6) is 0.301. The summed E-state index contributed by atoms with van der Waals surface area (Å²) in [7, 11) is 0. The van der Waals surface area contributed by atoms with E-state index in [0.717, 1.165) is 11.1 Å². The Morgan fingerprint density at radius 2 is 1.65 bits per heavy atom. The first kappa shape index (κ1) is 12.6. The maximum Gasteiger partial charge on any atom is 0.0687 e. The van der Waals surface area contributed by atoms with Gasteiger partial charge in [-0.25, -0.2) is 0 Å². The lowest BCUT2D eigenvalue weighted by Crippen LogP contribution is -2.08. The van der Waals surface area contributed by atoms with E-state index >= 15 is 0 Å². The quantitative estimate of drug-likeness (QED) is 0.772. The third kappa shape index (κ3) is 2.23. The molecule has 1 nitrogen and oxygen atoms in total. The number of allylic oxidation sites excluding steroid dienone is 4. The summed E-state index contributed by atoms with van der Waals surface area (Å²) in [5, 5.41) is 8.50. The number of benzene rings is 2. The Morgan fingerprint density at radius 1 is 0.950 bits per heavy atom. The molecule has 0 saturated heterocycles. The van der Waals surface area contributed by atoms with Crippen LogP contribution in [0.3, 0.4) is 0 Å². The molecule has 1 N–H and O–H groups in total. The minimum Gasteiger partial charge on any atom is -0.300 e. The summed E-state index contributed by atoms with van der Waals surface area (Å²) < 4.78 is 0. The van der Waals surface area contributed by atoms with Crippen LogP contribution in [0.4, 0.5) is 0 Å². The first-order chi connectivity index (χ1) is 9.77. The van der Waals surface area contributed by atoms with Crippen LogP contribution in [0.15, 0.2) is 78.4 Å². The van der Waals surface area contributed by atoms with Crippen LogP contribution in [0.1, 0.15) is 29.5 Å². The highest BCUT2D eigenvalue weighted by atomic mass is 14.4. The van der Waals surface area contributed by atoms with Crippen molar-refractivity contribution in [2.45, 2.75) is 12.8 Å². The Kier molecular flexibility index (Phi) is 3.34. The van der Waals surface area contributed by atoms with Gasteiger partial charge < -0.3 is 0 Å². The van der Waals surface area contributed by atoms with Crippen LogP contribution in [-0.4, -0.2) is 5.71 Å². The standard InChI is InChI=1S/C19H17N/c1-14-8-7-13-16(14)17-11-5-6-12-18(17)19(20)15-9-3-2-4-10-15/h2-13,16,20H,1H3. The monoisotopic (exact) mass is 259 g/mol. The van der Waals surface area contributed by atoms with Gasteiger partial charge >= 0.3 is 0 Å². The van der Waals surface area contributed by atoms with Gasteiger partial charge in [0.05, 0.1) is 5.71 Å². The van der Waals surface area contributed by atoms with Crippen molar-refractivity contribution in [1.29, 1.82) is 5.41 Å². The van der Waals surface area contributed by atoms with E-state index in [1.807, 2.05) is 42.5 Å². The minimum absolute atomic E-state index is 0.301. The molecule has 2 aromatic rings. The summed E-state index contributed by atoms with van der Waals surface area (Å²) in [6.45, 7) is 2.15. The highest BCUT2D eigenvalue weighted by molar-refractivity contribution is 6.11. The molecule has 1 heteroatoms. The van der Waals surface area contributed by atoms with Gasteiger partial charge in [0.1, 0.15) is 0 Å². The van der Waals surface area contributed by atoms with Crippen molar-refractivity contribution in [3.8, 4) is 0 Å². The lowest BCUT2D eigenvalue weighted by Gasteiger charge is -2.16. The number of rotatable bonds is 3. The molecule has 0 amide bonds. The van der Waals surface area contributed by atoms with E-state index < -0.39 is 0 Å². The molecule has 0 radical (unpaired) electrons. The Balaban J connectivity index is 2.05. The molecule has 0 spiro atoms. The van der Waals surface area contributed by atoms with E-state index in [4.69, 9.17) is 5.41 Å². The normalized spacial score (nSPS) is 17.1. The molecule has 3 rings (SSSR count). The van der Waals surface area contributed by atoms with Crippen LogP contribution in [0.2, 0.25) is 0 Å². The lowest BCUT2D eigenvalue weighted by atomic mass is 9.87. The van der Waals surface area contributed by atoms with Crippen molar-refractivity contribution < 1.29 is 0 Å². The van der Waals surface area contributed by atoms with Crippen molar-refractivity contribution in [3.05, 3.63) is 95.1 Å². The number of nitrogens with one attached hydrogen (secondary N) is 1. The molecule has 0 fully saturated rings. The lowest BCUT2D eigenvalue weighted by molar-refractivity contribution is 1.01. The van der Waals surface area contributed by atoms with Crippen LogP contribution < -0.4 is 0 Å². The van der Waals surface area contributed by atoms with Crippen molar-refractivity contribution in [3.63, 3.8) is 0 Å². The number of hydrogen-bond acceptors (Lipinski definition) is 1. The van der Waals surface area contributed by atoms with E-state index in [1.54, 1.807) is 0 Å². The third-order valence-corrected chi connectivity index (χ3v) is 3.78. The highest BCUT2D eigenvalue weighted by Gasteiger charge is 2.18. The first-order valence-electron chi connectivity index (χ1n) is 6.85. The van der Waals surface area contributed by atoms with Crippen LogP contribution in [0.5, 0.6) is 0 Å². The SMILES string of the molecule is CC1=CC=CC1c1ccccc1C(=N)c1ccccc1. The molecular weight excluding hydrogens is 242 g/mol. The van der Waals surface area contributed by atoms with Gasteiger partial charge in [-0.1, -0.05) is 78.4 Å². The van der Waals surface area contributed by atoms with Crippen molar-refractivity contribution in [2.24, 2.45) is 0 Å². The molecule has 2 aromatic carbocycles. The first-order valence-corrected chi connectivity index (χ1v) is 6.85. The molecule has 1 aliphatic rings. The third-order valence-electron chi connectivity index (χ3n) is 3.78. The van der Waals surface area contributed by atoms with Crippen molar-refractivity contribution in [1.82, 2.24) is 0 Å². The summed E-state index contributed by atoms with van der Waals surface area (Å²) >= 11 is 0. The summed E-state index contributed by atoms with van der Waals surface area (Å²) in [6, 6.07) is 18.2. The van der Waals surface area contributed by atoms with E-state index in [-0.39, 0.29) is 0 Å². The summed E-state index contributed by atoms with van der Waals surface area (Å²) in [6.07, 6.45) is 6.45. The van der Waals surface area contributed by atoms with E-state index in [2.05, 4.69) is 37.3 Å². The van der Waals surface area contributed by atoms with Crippen LogP contribution in [0, 0.1) is 5.41 Å². The molecule has 98 valence electrons. The zero-order chi connectivity index (χ0) is 13.9. The predicted octanol–water partition coefficient (Wildman–Crippen LogP) is 4.70. The van der Waals surface area contributed by atoms with Gasteiger partial charge in [-0.15, -0.1) is 0 Å². The second-order valence-electron chi connectivity index (χ2n) is 5.10. The summed E-state index contributed by atoms with van der Waals surface area (Å²) in [5.41, 5.74) is 5.11. The molecule has 1 aliphatic carbocycles. The second kappa shape index (κ2) is 5.30. The maximum absolute atomic E-state index is 8.50. The fourth-order valence-electron chi connectivity index (χ4n) is 2.68. The molecule has 0 bridgehead atoms. The van der Waals surface area contributed by atoms with Crippen LogP contribution in [0.25, 0.3) is 0 Å². The summed E-state index contributed by atoms with van der Waals surface area (Å²) in [4.78, 5) is 0. The molecule has 1 atom stereocenters. The maximum atomic E-state index is 8.50. The smallest absolute Gasteiger partial charge is 0.0687 e. The highest BCUT2D eigenvalue weighted by Crippen LogP contribution is 2.32. The Morgan fingerprint density at radius 3 is 2.35 bits per heavy atom. The fourth-order valence-corrected chi connectivity index (χ4v) is 2.68. The predicted molar refractivity (Wildman–Crippen MR) is 84.5 cm³/mol. The molecule has 0 heterocycles. The zero-order valence-corrected chi connectivity index (χ0v) is 11.5. The van der Waals surface area contributed by atoms with Gasteiger partial charge in [0.25, 0.3) is 0 Å². The zero-order valence-electron chi connectivity index (χ0n) is 11.5. The Hall–Kier alpha value is -2.41. The Bertz CT molecular complexity index is 693. The molecule has 0 saturated carbocycles. The molecule has 20 heavy (non-hydrogen) atoms. The van der Waals surface area contributed by atoms with Crippen molar-refractivity contribution >= 4 is 5.71 Å². The largest absolute Gasteiger partial charge is 0.300 e. The topological polar surface area (TPSA) is 23.9 Å². The number of hydrogen-bond donors (Lipinski definition) is 1. The molecule has 0 aromatic heterocycles. The average Bonchev–Trinajstić information content (AvgIpc) is 2.93. The van der Waals surface area contributed by atoms with E-state index in [0.29, 0.717) is 11.6 Å². The van der Waals surface area contributed by atoms with Gasteiger partial charge in [-0.2, -0.15) is 0 Å². The van der Waals surface area contributed by atoms with Gasteiger partial charge in [-0.3, -0.25) is 5.41 Å². The molecule has 0 aliphatic heterocycles. The van der Waals surface area contributed by atoms with Gasteiger partial charge in [0.2, 0.25) is 0 Å². The van der Waals surface area contributed by atoms with Crippen LogP contribution >= 0.6 is 0 Å². The van der Waals surface area contributed by atoms with Crippen LogP contribution in [-0.2, 0) is 0 Å². The fraction of sp³-hybridized carbons (Fsp3) is 0.105.